The quantitative estimate of drug-likeness (QED) is 0.594. The van der Waals surface area contributed by atoms with E-state index in [0.29, 0.717) is 25.9 Å². The Labute approximate surface area is 115 Å². The number of carboxylic acids is 1. The van der Waals surface area contributed by atoms with E-state index in [0.717, 1.165) is 25.7 Å². The van der Waals surface area contributed by atoms with Crippen LogP contribution in [0.5, 0.6) is 0 Å². The van der Waals surface area contributed by atoms with Gasteiger partial charge in [0, 0.05) is 19.5 Å². The summed E-state index contributed by atoms with van der Waals surface area (Å²) >= 11 is 0. The van der Waals surface area contributed by atoms with Gasteiger partial charge in [0.1, 0.15) is 0 Å². The highest BCUT2D eigenvalue weighted by Crippen LogP contribution is 2.38. The zero-order valence-electron chi connectivity index (χ0n) is 11.9. The Balaban J connectivity index is 2.79. The summed E-state index contributed by atoms with van der Waals surface area (Å²) < 4.78 is 0. The Morgan fingerprint density at radius 3 is 2.26 bits per heavy atom. The van der Waals surface area contributed by atoms with Crippen molar-refractivity contribution in [1.29, 1.82) is 0 Å². The van der Waals surface area contributed by atoms with Crippen molar-refractivity contribution < 1.29 is 14.7 Å². The third-order valence-electron chi connectivity index (χ3n) is 4.09. The summed E-state index contributed by atoms with van der Waals surface area (Å²) in [6, 6.07) is 0. The van der Waals surface area contributed by atoms with E-state index in [1.807, 2.05) is 6.92 Å². The summed E-state index contributed by atoms with van der Waals surface area (Å²) in [4.78, 5) is 25.6. The molecule has 1 aliphatic rings. The van der Waals surface area contributed by atoms with E-state index in [9.17, 15) is 14.7 Å². The van der Waals surface area contributed by atoms with Gasteiger partial charge < -0.3 is 10.0 Å². The molecule has 1 fully saturated rings. The molecule has 108 valence electrons. The molecule has 1 rings (SSSR count). The lowest BCUT2D eigenvalue weighted by molar-refractivity contribution is -0.154. The van der Waals surface area contributed by atoms with E-state index < -0.39 is 11.4 Å². The Morgan fingerprint density at radius 1 is 1.26 bits per heavy atom. The molecule has 1 saturated carbocycles. The van der Waals surface area contributed by atoms with Gasteiger partial charge in [0.25, 0.3) is 0 Å². The summed E-state index contributed by atoms with van der Waals surface area (Å²) in [7, 11) is 0. The molecule has 19 heavy (non-hydrogen) atoms. The lowest BCUT2D eigenvalue weighted by Crippen LogP contribution is -2.39. The number of hydrogen-bond acceptors (Lipinski definition) is 2. The number of amides is 1. The van der Waals surface area contributed by atoms with Crippen LogP contribution in [0.2, 0.25) is 0 Å². The van der Waals surface area contributed by atoms with Gasteiger partial charge in [-0.1, -0.05) is 31.8 Å². The lowest BCUT2D eigenvalue weighted by Gasteiger charge is -2.30. The predicted molar refractivity (Wildman–Crippen MR) is 74.8 cm³/mol. The average molecular weight is 267 g/mol. The molecule has 0 saturated heterocycles. The largest absolute Gasteiger partial charge is 0.481 e. The summed E-state index contributed by atoms with van der Waals surface area (Å²) in [6.07, 6.45) is 7.03. The van der Waals surface area contributed by atoms with Gasteiger partial charge in [-0.2, -0.15) is 0 Å². The number of aliphatic carboxylic acids is 1. The minimum atomic E-state index is -0.845. The molecule has 0 bridgehead atoms. The Morgan fingerprint density at radius 2 is 1.84 bits per heavy atom. The number of rotatable bonds is 6. The van der Waals surface area contributed by atoms with Crippen LogP contribution in [0.4, 0.5) is 0 Å². The smallest absolute Gasteiger partial charge is 0.310 e. The highest BCUT2D eigenvalue weighted by Gasteiger charge is 2.41. The fourth-order valence-corrected chi connectivity index (χ4v) is 2.84. The van der Waals surface area contributed by atoms with Gasteiger partial charge in [0.2, 0.25) is 5.91 Å². The molecule has 0 aromatic rings. The number of likely N-dealkylation sites (N-methyl/N-ethyl adjacent to an activating group) is 1. The van der Waals surface area contributed by atoms with Gasteiger partial charge in [0.15, 0.2) is 0 Å². The molecule has 0 aromatic carbocycles. The van der Waals surface area contributed by atoms with Crippen LogP contribution in [0.15, 0.2) is 12.7 Å². The van der Waals surface area contributed by atoms with Crippen LogP contribution in [0.1, 0.15) is 51.9 Å². The molecule has 0 radical (unpaired) electrons. The van der Waals surface area contributed by atoms with Crippen LogP contribution in [-0.2, 0) is 9.59 Å². The molecule has 0 heterocycles. The van der Waals surface area contributed by atoms with Crippen LogP contribution in [0, 0.1) is 5.41 Å². The van der Waals surface area contributed by atoms with Crippen LogP contribution in [0.3, 0.4) is 0 Å². The van der Waals surface area contributed by atoms with E-state index in [-0.39, 0.29) is 12.3 Å². The molecule has 1 aliphatic carbocycles. The Bertz CT molecular complexity index is 330. The molecule has 0 atom stereocenters. The van der Waals surface area contributed by atoms with E-state index >= 15 is 0 Å². The Hall–Kier alpha value is -1.32. The van der Waals surface area contributed by atoms with Gasteiger partial charge in [-0.05, 0) is 19.8 Å². The van der Waals surface area contributed by atoms with Crippen molar-refractivity contribution in [3.63, 3.8) is 0 Å². The lowest BCUT2D eigenvalue weighted by atomic mass is 9.77. The summed E-state index contributed by atoms with van der Waals surface area (Å²) in [5, 5.41) is 9.56. The van der Waals surface area contributed by atoms with E-state index in [1.54, 1.807) is 11.0 Å². The number of carbonyl (C=O) groups excluding carboxylic acids is 1. The van der Waals surface area contributed by atoms with Gasteiger partial charge in [0.05, 0.1) is 5.41 Å². The van der Waals surface area contributed by atoms with Crippen molar-refractivity contribution in [2.45, 2.75) is 51.9 Å². The first-order valence-corrected chi connectivity index (χ1v) is 7.18. The van der Waals surface area contributed by atoms with E-state index in [4.69, 9.17) is 0 Å². The zero-order valence-corrected chi connectivity index (χ0v) is 11.9. The highest BCUT2D eigenvalue weighted by molar-refractivity contribution is 5.85. The summed E-state index contributed by atoms with van der Waals surface area (Å²) in [6.45, 7) is 6.63. The Kier molecular flexibility index (Phi) is 6.06. The molecule has 0 aromatic heterocycles. The maximum Gasteiger partial charge on any atom is 0.310 e. The van der Waals surface area contributed by atoms with Gasteiger partial charge >= 0.3 is 5.97 Å². The molecule has 1 amide bonds. The maximum absolute atomic E-state index is 12.3. The molecule has 4 heteroatoms. The van der Waals surface area contributed by atoms with Crippen molar-refractivity contribution in [3.8, 4) is 0 Å². The first-order chi connectivity index (χ1) is 9.05. The van der Waals surface area contributed by atoms with E-state index in [2.05, 4.69) is 6.58 Å². The maximum atomic E-state index is 12.3. The second-order valence-corrected chi connectivity index (χ2v) is 5.40. The summed E-state index contributed by atoms with van der Waals surface area (Å²) in [5.41, 5.74) is -0.845. The fraction of sp³-hybridized carbons (Fsp3) is 0.733. The van der Waals surface area contributed by atoms with Gasteiger partial charge in [-0.3, -0.25) is 9.59 Å². The van der Waals surface area contributed by atoms with Crippen LogP contribution >= 0.6 is 0 Å². The molecule has 0 aliphatic heterocycles. The first kappa shape index (κ1) is 15.7. The SMILES string of the molecule is C=CCN(CC)C(=O)CC1(C(=O)O)CCCCCC1. The van der Waals surface area contributed by atoms with Gasteiger partial charge in [-0.25, -0.2) is 0 Å². The monoisotopic (exact) mass is 267 g/mol. The van der Waals surface area contributed by atoms with Crippen LogP contribution in [-0.4, -0.2) is 35.0 Å². The third-order valence-corrected chi connectivity index (χ3v) is 4.09. The van der Waals surface area contributed by atoms with Gasteiger partial charge in [-0.15, -0.1) is 6.58 Å². The normalized spacial score (nSPS) is 18.4. The fourth-order valence-electron chi connectivity index (χ4n) is 2.84. The molecule has 1 N–H and O–H groups in total. The minimum absolute atomic E-state index is 0.0632. The van der Waals surface area contributed by atoms with Crippen molar-refractivity contribution >= 4 is 11.9 Å². The molecule has 0 unspecified atom stereocenters. The topological polar surface area (TPSA) is 57.6 Å². The molecular formula is C15H25NO3. The minimum Gasteiger partial charge on any atom is -0.481 e. The standard InChI is InChI=1S/C15H25NO3/c1-3-11-16(4-2)13(17)12-15(14(18)19)9-7-5-6-8-10-15/h3H,1,4-12H2,2H3,(H,18,19). The average Bonchev–Trinajstić information content (AvgIpc) is 2.62. The number of carbonyl (C=O) groups is 2. The number of carboxylic acid groups (broad SMARTS) is 1. The van der Waals surface area contributed by atoms with Crippen LogP contribution < -0.4 is 0 Å². The molecule has 0 spiro atoms. The van der Waals surface area contributed by atoms with Crippen LogP contribution in [0.25, 0.3) is 0 Å². The summed E-state index contributed by atoms with van der Waals surface area (Å²) in [5.74, 6) is -0.871. The second-order valence-electron chi connectivity index (χ2n) is 5.40. The molecular weight excluding hydrogens is 242 g/mol. The number of nitrogens with zero attached hydrogens (tertiary/aromatic N) is 1. The van der Waals surface area contributed by atoms with Crippen molar-refractivity contribution in [2.75, 3.05) is 13.1 Å². The number of hydrogen-bond donors (Lipinski definition) is 1. The third kappa shape index (κ3) is 4.08. The first-order valence-electron chi connectivity index (χ1n) is 7.18. The van der Waals surface area contributed by atoms with Crippen molar-refractivity contribution in [2.24, 2.45) is 5.41 Å². The second kappa shape index (κ2) is 7.31. The zero-order chi connectivity index (χ0) is 14.3. The van der Waals surface area contributed by atoms with Crippen molar-refractivity contribution in [1.82, 2.24) is 4.90 Å². The molecule has 4 nitrogen and oxygen atoms in total. The van der Waals surface area contributed by atoms with E-state index in [1.165, 1.54) is 0 Å². The highest BCUT2D eigenvalue weighted by atomic mass is 16.4. The van der Waals surface area contributed by atoms with Crippen molar-refractivity contribution in [3.05, 3.63) is 12.7 Å². The predicted octanol–water partition coefficient (Wildman–Crippen LogP) is 2.84.